The number of aromatic hydroxyl groups is 3. The SMILES string of the molecule is Oc1ccc(C2Nc3c(O)cccc3C3C=CCC32)c(O)c1. The van der Waals surface area contributed by atoms with Crippen molar-refractivity contribution in [3.63, 3.8) is 0 Å². The number of fused-ring (bicyclic) bond motifs is 3. The van der Waals surface area contributed by atoms with Crippen molar-refractivity contribution in [2.75, 3.05) is 5.32 Å². The lowest BCUT2D eigenvalue weighted by molar-refractivity contribution is 0.393. The highest BCUT2D eigenvalue weighted by molar-refractivity contribution is 5.67. The smallest absolute Gasteiger partial charge is 0.138 e. The van der Waals surface area contributed by atoms with Crippen LogP contribution in [0, 0.1) is 5.92 Å². The Morgan fingerprint density at radius 2 is 1.82 bits per heavy atom. The Bertz CT molecular complexity index is 769. The van der Waals surface area contributed by atoms with E-state index in [1.165, 1.54) is 6.07 Å². The first-order valence-electron chi connectivity index (χ1n) is 7.42. The zero-order valence-electron chi connectivity index (χ0n) is 11.9. The van der Waals surface area contributed by atoms with E-state index in [9.17, 15) is 15.3 Å². The van der Waals surface area contributed by atoms with Gasteiger partial charge in [0.25, 0.3) is 0 Å². The molecule has 0 aromatic heterocycles. The molecule has 3 unspecified atom stereocenters. The van der Waals surface area contributed by atoms with Crippen molar-refractivity contribution in [3.8, 4) is 17.2 Å². The minimum Gasteiger partial charge on any atom is -0.508 e. The monoisotopic (exact) mass is 295 g/mol. The molecule has 1 heterocycles. The molecule has 4 heteroatoms. The summed E-state index contributed by atoms with van der Waals surface area (Å²) in [5.41, 5.74) is 2.56. The van der Waals surface area contributed by atoms with Gasteiger partial charge in [-0.1, -0.05) is 24.3 Å². The van der Waals surface area contributed by atoms with Gasteiger partial charge in [0, 0.05) is 17.5 Å². The summed E-state index contributed by atoms with van der Waals surface area (Å²) in [6.07, 6.45) is 5.24. The number of phenolic OH excluding ortho intramolecular Hbond substituents is 3. The van der Waals surface area contributed by atoms with E-state index in [4.69, 9.17) is 0 Å². The molecule has 4 nitrogen and oxygen atoms in total. The molecule has 0 bridgehead atoms. The van der Waals surface area contributed by atoms with Gasteiger partial charge in [-0.15, -0.1) is 0 Å². The van der Waals surface area contributed by atoms with Crippen LogP contribution in [0.25, 0.3) is 0 Å². The highest BCUT2D eigenvalue weighted by Gasteiger charge is 2.39. The molecule has 0 saturated heterocycles. The van der Waals surface area contributed by atoms with Crippen LogP contribution in [0.1, 0.15) is 29.5 Å². The maximum Gasteiger partial charge on any atom is 0.138 e. The van der Waals surface area contributed by atoms with Crippen LogP contribution in [0.4, 0.5) is 5.69 Å². The van der Waals surface area contributed by atoms with E-state index in [2.05, 4.69) is 17.5 Å². The molecule has 4 N–H and O–H groups in total. The Balaban J connectivity index is 1.84. The second kappa shape index (κ2) is 4.70. The normalized spacial score (nSPS) is 25.4. The number of phenols is 3. The maximum atomic E-state index is 10.2. The Kier molecular flexibility index (Phi) is 2.79. The number of hydrogen-bond donors (Lipinski definition) is 4. The molecule has 3 atom stereocenters. The van der Waals surface area contributed by atoms with Crippen molar-refractivity contribution in [1.82, 2.24) is 0 Å². The summed E-state index contributed by atoms with van der Waals surface area (Å²) in [4.78, 5) is 0. The number of para-hydroxylation sites is 1. The number of anilines is 1. The first-order valence-corrected chi connectivity index (χ1v) is 7.42. The van der Waals surface area contributed by atoms with Crippen LogP contribution in [0.5, 0.6) is 17.2 Å². The molecule has 4 rings (SSSR count). The maximum absolute atomic E-state index is 10.2. The topological polar surface area (TPSA) is 72.7 Å². The third-order valence-electron chi connectivity index (χ3n) is 4.72. The lowest BCUT2D eigenvalue weighted by Crippen LogP contribution is -2.29. The molecule has 1 aliphatic carbocycles. The van der Waals surface area contributed by atoms with Gasteiger partial charge < -0.3 is 20.6 Å². The quantitative estimate of drug-likeness (QED) is 0.479. The van der Waals surface area contributed by atoms with E-state index in [-0.39, 0.29) is 35.1 Å². The Morgan fingerprint density at radius 3 is 2.64 bits per heavy atom. The minimum absolute atomic E-state index is 0.0430. The highest BCUT2D eigenvalue weighted by atomic mass is 16.3. The molecule has 2 aliphatic rings. The predicted octanol–water partition coefficient (Wildman–Crippen LogP) is 3.63. The Labute approximate surface area is 128 Å². The van der Waals surface area contributed by atoms with Gasteiger partial charge in [0.1, 0.15) is 17.2 Å². The largest absolute Gasteiger partial charge is 0.508 e. The fourth-order valence-corrected chi connectivity index (χ4v) is 3.71. The summed E-state index contributed by atoms with van der Waals surface area (Å²) in [5, 5.41) is 33.2. The minimum atomic E-state index is -0.110. The lowest BCUT2D eigenvalue weighted by Gasteiger charge is -2.37. The number of hydrogen-bond acceptors (Lipinski definition) is 4. The van der Waals surface area contributed by atoms with Crippen LogP contribution in [0.3, 0.4) is 0 Å². The van der Waals surface area contributed by atoms with Crippen molar-refractivity contribution in [2.24, 2.45) is 5.92 Å². The molecular formula is C18H17NO3. The molecule has 2 aromatic carbocycles. The van der Waals surface area contributed by atoms with Crippen molar-refractivity contribution >= 4 is 5.69 Å². The second-order valence-corrected chi connectivity index (χ2v) is 5.96. The van der Waals surface area contributed by atoms with Gasteiger partial charge >= 0.3 is 0 Å². The first-order chi connectivity index (χ1) is 10.6. The van der Waals surface area contributed by atoms with Gasteiger partial charge in [-0.3, -0.25) is 0 Å². The molecule has 0 saturated carbocycles. The van der Waals surface area contributed by atoms with E-state index < -0.39 is 0 Å². The third kappa shape index (κ3) is 1.84. The fourth-order valence-electron chi connectivity index (χ4n) is 3.71. The second-order valence-electron chi connectivity index (χ2n) is 5.96. The Morgan fingerprint density at radius 1 is 0.955 bits per heavy atom. The molecule has 0 radical (unpaired) electrons. The number of rotatable bonds is 1. The molecule has 0 amide bonds. The predicted molar refractivity (Wildman–Crippen MR) is 84.2 cm³/mol. The summed E-state index contributed by atoms with van der Waals surface area (Å²) in [7, 11) is 0. The standard InChI is InChI=1S/C18H17NO3/c20-10-7-8-14(16(22)9-10)17-12-4-1-3-11(12)13-5-2-6-15(21)18(13)19-17/h1-3,5-9,11-12,17,19-22H,4H2. The summed E-state index contributed by atoms with van der Waals surface area (Å²) >= 11 is 0. The van der Waals surface area contributed by atoms with Crippen LogP contribution in [0.15, 0.2) is 48.6 Å². The van der Waals surface area contributed by atoms with Crippen molar-refractivity contribution in [2.45, 2.75) is 18.4 Å². The van der Waals surface area contributed by atoms with E-state index >= 15 is 0 Å². The molecule has 2 aromatic rings. The highest BCUT2D eigenvalue weighted by Crippen LogP contribution is 2.53. The zero-order valence-corrected chi connectivity index (χ0v) is 11.9. The van der Waals surface area contributed by atoms with E-state index in [0.717, 1.165) is 23.2 Å². The summed E-state index contributed by atoms with van der Waals surface area (Å²) in [5.74, 6) is 0.842. The molecule has 22 heavy (non-hydrogen) atoms. The van der Waals surface area contributed by atoms with E-state index in [1.54, 1.807) is 18.2 Å². The third-order valence-corrected chi connectivity index (χ3v) is 4.72. The summed E-state index contributed by atoms with van der Waals surface area (Å²) in [6.45, 7) is 0. The van der Waals surface area contributed by atoms with Gasteiger partial charge in [-0.25, -0.2) is 0 Å². The average Bonchev–Trinajstić information content (AvgIpc) is 2.97. The van der Waals surface area contributed by atoms with Crippen LogP contribution < -0.4 is 5.32 Å². The lowest BCUT2D eigenvalue weighted by atomic mass is 9.76. The van der Waals surface area contributed by atoms with Gasteiger partial charge in [0.15, 0.2) is 0 Å². The van der Waals surface area contributed by atoms with Crippen LogP contribution in [-0.2, 0) is 0 Å². The van der Waals surface area contributed by atoms with Crippen LogP contribution in [0.2, 0.25) is 0 Å². The number of allylic oxidation sites excluding steroid dienone is 2. The van der Waals surface area contributed by atoms with E-state index in [1.807, 2.05) is 12.1 Å². The van der Waals surface area contributed by atoms with Gasteiger partial charge in [-0.2, -0.15) is 0 Å². The fraction of sp³-hybridized carbons (Fsp3) is 0.222. The summed E-state index contributed by atoms with van der Waals surface area (Å²) < 4.78 is 0. The molecular weight excluding hydrogens is 278 g/mol. The molecule has 112 valence electrons. The van der Waals surface area contributed by atoms with Crippen LogP contribution in [-0.4, -0.2) is 15.3 Å². The van der Waals surface area contributed by atoms with Gasteiger partial charge in [-0.05, 0) is 36.1 Å². The van der Waals surface area contributed by atoms with Crippen molar-refractivity contribution in [3.05, 3.63) is 59.7 Å². The average molecular weight is 295 g/mol. The van der Waals surface area contributed by atoms with Gasteiger partial charge in [0.05, 0.1) is 11.7 Å². The molecule has 1 aliphatic heterocycles. The zero-order chi connectivity index (χ0) is 15.3. The molecule has 0 spiro atoms. The number of nitrogens with one attached hydrogen (secondary N) is 1. The van der Waals surface area contributed by atoms with Crippen molar-refractivity contribution in [1.29, 1.82) is 0 Å². The molecule has 0 fully saturated rings. The van der Waals surface area contributed by atoms with Crippen LogP contribution >= 0.6 is 0 Å². The first kappa shape index (κ1) is 13.1. The van der Waals surface area contributed by atoms with Gasteiger partial charge in [0.2, 0.25) is 0 Å². The van der Waals surface area contributed by atoms with Crippen molar-refractivity contribution < 1.29 is 15.3 Å². The van der Waals surface area contributed by atoms with E-state index in [0.29, 0.717) is 0 Å². The summed E-state index contributed by atoms with van der Waals surface area (Å²) in [6, 6.07) is 10.1. The number of benzene rings is 2. The Hall–Kier alpha value is -2.62.